The summed E-state index contributed by atoms with van der Waals surface area (Å²) in [6, 6.07) is 10.9. The Balaban J connectivity index is 1.24. The Morgan fingerprint density at radius 1 is 1.21 bits per heavy atom. The molecule has 0 saturated carbocycles. The molecule has 1 aliphatic carbocycles. The van der Waals surface area contributed by atoms with E-state index < -0.39 is 12.1 Å². The number of allylic oxidation sites excluding steroid dienone is 3. The molecule has 0 fully saturated rings. The molecule has 2 aliphatic rings. The first-order chi connectivity index (χ1) is 15.9. The van der Waals surface area contributed by atoms with E-state index >= 15 is 0 Å². The minimum atomic E-state index is -4.83. The lowest BCUT2D eigenvalue weighted by molar-refractivity contribution is -0.302. The highest BCUT2D eigenvalue weighted by atomic mass is 19.4. The number of pyridine rings is 1. The summed E-state index contributed by atoms with van der Waals surface area (Å²) in [5.74, 6) is 0.0190. The average molecular weight is 450 g/mol. The van der Waals surface area contributed by atoms with Crippen molar-refractivity contribution in [2.24, 2.45) is 0 Å². The summed E-state index contributed by atoms with van der Waals surface area (Å²) in [5, 5.41) is 9.01. The molecule has 3 heterocycles. The molecule has 0 N–H and O–H groups in total. The van der Waals surface area contributed by atoms with Crippen LogP contribution in [-0.2, 0) is 11.3 Å². The van der Waals surface area contributed by atoms with Gasteiger partial charge in [-0.25, -0.2) is 0 Å². The van der Waals surface area contributed by atoms with Gasteiger partial charge in [-0.1, -0.05) is 11.5 Å². The van der Waals surface area contributed by atoms with Gasteiger partial charge in [0.2, 0.25) is 0 Å². The quantitative estimate of drug-likeness (QED) is 0.540. The maximum atomic E-state index is 12.6. The molecule has 33 heavy (non-hydrogen) atoms. The second-order valence-corrected chi connectivity index (χ2v) is 7.15. The number of benzene rings is 1. The minimum absolute atomic E-state index is 0.133. The Morgan fingerprint density at radius 3 is 2.82 bits per heavy atom. The Labute approximate surface area is 185 Å². The van der Waals surface area contributed by atoms with Gasteiger partial charge >= 0.3 is 6.36 Å². The summed E-state index contributed by atoms with van der Waals surface area (Å²) in [6.45, 7) is 0.746. The first kappa shape index (κ1) is 20.5. The SMILES string of the molecule is N#Cc1ccc2c(c1)nc1n2C[C@@H](COc2ccc(C3=C(OC(F)(F)F)C=C=C=C3)nc2)O1. The zero-order valence-electron chi connectivity index (χ0n) is 16.8. The van der Waals surface area contributed by atoms with Gasteiger partial charge in [0.05, 0.1) is 46.7 Å². The summed E-state index contributed by atoms with van der Waals surface area (Å²) < 4.78 is 55.4. The number of imidazole rings is 1. The summed E-state index contributed by atoms with van der Waals surface area (Å²) >= 11 is 0. The van der Waals surface area contributed by atoms with Gasteiger partial charge in [0.1, 0.15) is 18.1 Å². The van der Waals surface area contributed by atoms with Crippen LogP contribution < -0.4 is 9.47 Å². The van der Waals surface area contributed by atoms with Gasteiger partial charge in [0.25, 0.3) is 6.01 Å². The van der Waals surface area contributed by atoms with E-state index in [4.69, 9.17) is 14.7 Å². The number of fused-ring (bicyclic) bond motifs is 3. The zero-order valence-corrected chi connectivity index (χ0v) is 16.8. The maximum Gasteiger partial charge on any atom is 0.573 e. The standard InChI is InChI=1S/C23H13F3N4O3/c24-23(25,26)33-21-4-2-1-3-17(21)18-7-6-15(11-28-18)31-13-16-12-30-20-8-5-14(10-27)9-19(20)29-22(30)32-16/h3-9,11,16H,12-13H2/t16-/m0/s1. The van der Waals surface area contributed by atoms with Crippen molar-refractivity contribution in [2.45, 2.75) is 19.0 Å². The summed E-state index contributed by atoms with van der Waals surface area (Å²) in [7, 11) is 0. The van der Waals surface area contributed by atoms with Crippen molar-refractivity contribution in [3.05, 3.63) is 77.2 Å². The van der Waals surface area contributed by atoms with Crippen molar-refractivity contribution in [1.82, 2.24) is 14.5 Å². The maximum absolute atomic E-state index is 12.6. The molecule has 0 unspecified atom stereocenters. The van der Waals surface area contributed by atoms with Crippen LogP contribution in [0.25, 0.3) is 16.6 Å². The fourth-order valence-corrected chi connectivity index (χ4v) is 3.51. The molecule has 164 valence electrons. The summed E-state index contributed by atoms with van der Waals surface area (Å²) in [6.07, 6.45) is -1.32. The van der Waals surface area contributed by atoms with Crippen LogP contribution in [-0.4, -0.2) is 33.6 Å². The molecule has 1 aromatic carbocycles. The van der Waals surface area contributed by atoms with Crippen LogP contribution in [0.5, 0.6) is 11.8 Å². The number of ether oxygens (including phenoxy) is 3. The number of alkyl halides is 3. The summed E-state index contributed by atoms with van der Waals surface area (Å²) in [5.41, 5.74) is 7.53. The number of hydrogen-bond acceptors (Lipinski definition) is 6. The van der Waals surface area contributed by atoms with Gasteiger partial charge in [0.15, 0.2) is 6.10 Å². The number of hydrogen-bond donors (Lipinski definition) is 0. The molecule has 0 amide bonds. The minimum Gasteiger partial charge on any atom is -0.488 e. The molecule has 3 aromatic rings. The van der Waals surface area contributed by atoms with Crippen LogP contribution in [0, 0.1) is 11.3 Å². The van der Waals surface area contributed by atoms with E-state index in [2.05, 4.69) is 32.2 Å². The van der Waals surface area contributed by atoms with Crippen molar-refractivity contribution in [2.75, 3.05) is 6.61 Å². The Bertz CT molecular complexity index is 1420. The van der Waals surface area contributed by atoms with Gasteiger partial charge < -0.3 is 14.2 Å². The Morgan fingerprint density at radius 2 is 2.06 bits per heavy atom. The lowest BCUT2D eigenvalue weighted by atomic mass is 10.1. The Kier molecular flexibility index (Phi) is 4.91. The molecule has 1 atom stereocenters. The van der Waals surface area contributed by atoms with Crippen LogP contribution in [0.2, 0.25) is 0 Å². The van der Waals surface area contributed by atoms with Crippen LogP contribution in [0.15, 0.2) is 65.9 Å². The van der Waals surface area contributed by atoms with Gasteiger partial charge in [-0.2, -0.15) is 10.2 Å². The molecular formula is C23H13F3N4O3. The smallest absolute Gasteiger partial charge is 0.488 e. The fourth-order valence-electron chi connectivity index (χ4n) is 3.51. The molecule has 0 bridgehead atoms. The Hall–Kier alpha value is -4.44. The monoisotopic (exact) mass is 450 g/mol. The van der Waals surface area contributed by atoms with Crippen LogP contribution in [0.1, 0.15) is 11.3 Å². The largest absolute Gasteiger partial charge is 0.573 e. The van der Waals surface area contributed by atoms with E-state index in [-0.39, 0.29) is 24.0 Å². The lowest BCUT2D eigenvalue weighted by Crippen LogP contribution is -2.23. The highest BCUT2D eigenvalue weighted by Gasteiger charge is 2.33. The molecule has 10 heteroatoms. The number of nitrogens with zero attached hydrogens (tertiary/aromatic N) is 4. The van der Waals surface area contributed by atoms with Crippen LogP contribution in [0.3, 0.4) is 0 Å². The van der Waals surface area contributed by atoms with Crippen molar-refractivity contribution in [3.63, 3.8) is 0 Å². The van der Waals surface area contributed by atoms with E-state index in [1.165, 1.54) is 18.3 Å². The van der Waals surface area contributed by atoms with Crippen molar-refractivity contribution in [3.8, 4) is 17.8 Å². The van der Waals surface area contributed by atoms with Crippen molar-refractivity contribution in [1.29, 1.82) is 5.26 Å². The highest BCUT2D eigenvalue weighted by Crippen LogP contribution is 2.30. The molecule has 5 rings (SSSR count). The van der Waals surface area contributed by atoms with Crippen LogP contribution >= 0.6 is 0 Å². The first-order valence-corrected chi connectivity index (χ1v) is 9.73. The predicted octanol–water partition coefficient (Wildman–Crippen LogP) is 4.27. The third-order valence-corrected chi connectivity index (χ3v) is 4.94. The second-order valence-electron chi connectivity index (χ2n) is 7.15. The van der Waals surface area contributed by atoms with Gasteiger partial charge in [-0.15, -0.1) is 13.2 Å². The van der Waals surface area contributed by atoms with Crippen LogP contribution in [0.4, 0.5) is 13.2 Å². The van der Waals surface area contributed by atoms with E-state index in [1.54, 1.807) is 18.2 Å². The highest BCUT2D eigenvalue weighted by molar-refractivity contribution is 5.79. The van der Waals surface area contributed by atoms with E-state index in [0.29, 0.717) is 29.4 Å². The fraction of sp³-hybridized carbons (Fsp3) is 0.174. The first-order valence-electron chi connectivity index (χ1n) is 9.73. The van der Waals surface area contributed by atoms with E-state index in [9.17, 15) is 13.2 Å². The molecule has 7 nitrogen and oxygen atoms in total. The third-order valence-electron chi connectivity index (χ3n) is 4.94. The molecule has 0 spiro atoms. The second kappa shape index (κ2) is 7.92. The van der Waals surface area contributed by atoms with E-state index in [1.807, 2.05) is 10.6 Å². The molecule has 1 aliphatic heterocycles. The average Bonchev–Trinajstić information content (AvgIpc) is 3.34. The number of aromatic nitrogens is 3. The van der Waals surface area contributed by atoms with Gasteiger partial charge in [-0.05, 0) is 30.3 Å². The van der Waals surface area contributed by atoms with Crippen molar-refractivity contribution >= 4 is 16.6 Å². The number of nitriles is 1. The van der Waals surface area contributed by atoms with Crippen molar-refractivity contribution < 1.29 is 27.4 Å². The third kappa shape index (κ3) is 4.19. The molecule has 0 saturated heterocycles. The normalized spacial score (nSPS) is 16.6. The molecule has 2 aromatic heterocycles. The summed E-state index contributed by atoms with van der Waals surface area (Å²) in [4.78, 5) is 8.59. The lowest BCUT2D eigenvalue weighted by Gasteiger charge is -2.14. The predicted molar refractivity (Wildman–Crippen MR) is 109 cm³/mol. The zero-order chi connectivity index (χ0) is 23.0. The molecule has 0 radical (unpaired) electrons. The topological polar surface area (TPSA) is 82.2 Å². The number of halogens is 3. The molecular weight excluding hydrogens is 437 g/mol. The van der Waals surface area contributed by atoms with Gasteiger partial charge in [0, 0.05) is 12.2 Å². The van der Waals surface area contributed by atoms with E-state index in [0.717, 1.165) is 11.6 Å². The number of rotatable bonds is 5. The van der Waals surface area contributed by atoms with Gasteiger partial charge in [-0.3, -0.25) is 9.55 Å².